The van der Waals surface area contributed by atoms with Gasteiger partial charge >= 0.3 is 11.9 Å². The van der Waals surface area contributed by atoms with E-state index in [1.807, 2.05) is 0 Å². The van der Waals surface area contributed by atoms with Gasteiger partial charge in [0.2, 0.25) is 11.6 Å². The van der Waals surface area contributed by atoms with Crippen LogP contribution in [0.3, 0.4) is 0 Å². The molecule has 0 fully saturated rings. The van der Waals surface area contributed by atoms with Gasteiger partial charge in [0, 0.05) is 27.7 Å². The van der Waals surface area contributed by atoms with Gasteiger partial charge in [0.15, 0.2) is 0 Å². The smallest absolute Gasteiger partial charge is 0.337 e. The van der Waals surface area contributed by atoms with Crippen LogP contribution in [0, 0.1) is 0 Å². The minimum atomic E-state index is -1.02. The Morgan fingerprint density at radius 2 is 1.16 bits per heavy atom. The minimum Gasteiger partial charge on any atom is -0.456 e. The zero-order chi connectivity index (χ0) is 14.3. The molecule has 2 aliphatic heterocycles. The predicted octanol–water partition coefficient (Wildman–Crippen LogP) is 1.76. The van der Waals surface area contributed by atoms with Crippen LogP contribution in [0.2, 0.25) is 0 Å². The van der Waals surface area contributed by atoms with Crippen molar-refractivity contribution < 1.29 is 28.5 Å². The third kappa shape index (κ3) is 3.49. The van der Waals surface area contributed by atoms with Crippen LogP contribution in [-0.2, 0) is 28.5 Å². The van der Waals surface area contributed by atoms with Gasteiger partial charge in [-0.1, -0.05) is 0 Å². The van der Waals surface area contributed by atoms with Crippen molar-refractivity contribution in [1.82, 2.24) is 0 Å². The first-order valence-electron chi connectivity index (χ1n) is 5.90. The molecular formula is C13H16O6. The van der Waals surface area contributed by atoms with Crippen molar-refractivity contribution >= 4 is 11.9 Å². The fourth-order valence-corrected chi connectivity index (χ4v) is 1.88. The van der Waals surface area contributed by atoms with Crippen LogP contribution >= 0.6 is 0 Å². The molecule has 0 saturated carbocycles. The summed E-state index contributed by atoms with van der Waals surface area (Å²) in [5.74, 6) is -2.23. The topological polar surface area (TPSA) is 71.1 Å². The lowest BCUT2D eigenvalue weighted by Gasteiger charge is -2.33. The summed E-state index contributed by atoms with van der Waals surface area (Å²) in [4.78, 5) is 22.8. The fraction of sp³-hybridized carbons (Fsp3) is 0.538. The number of hydrogen-bond acceptors (Lipinski definition) is 6. The van der Waals surface area contributed by atoms with Gasteiger partial charge in [-0.15, -0.1) is 0 Å². The van der Waals surface area contributed by atoms with Crippen LogP contribution < -0.4 is 0 Å². The second-order valence-electron chi connectivity index (χ2n) is 5.24. The van der Waals surface area contributed by atoms with Gasteiger partial charge in [-0.05, 0) is 0 Å². The summed E-state index contributed by atoms with van der Waals surface area (Å²) in [5.41, 5.74) is 0. The summed E-state index contributed by atoms with van der Waals surface area (Å²) < 4.78 is 20.9. The number of cyclic esters (lactones) is 2. The van der Waals surface area contributed by atoms with E-state index >= 15 is 0 Å². The quantitative estimate of drug-likeness (QED) is 0.711. The van der Waals surface area contributed by atoms with Gasteiger partial charge in [-0.25, -0.2) is 9.59 Å². The molecule has 6 heteroatoms. The molecule has 0 radical (unpaired) electrons. The molecule has 0 aromatic heterocycles. The zero-order valence-electron chi connectivity index (χ0n) is 11.3. The molecule has 19 heavy (non-hydrogen) atoms. The molecule has 2 aliphatic rings. The van der Waals surface area contributed by atoms with E-state index < -0.39 is 23.5 Å². The molecule has 0 amide bonds. The third-order valence-electron chi connectivity index (χ3n) is 2.35. The number of ether oxygens (including phenoxy) is 4. The maximum atomic E-state index is 11.4. The SMILES string of the molecule is CC1(C)OC(=O)C=C(CC2=CC(=O)OC(C)(C)O2)O1. The van der Waals surface area contributed by atoms with Crippen LogP contribution in [0.25, 0.3) is 0 Å². The molecule has 0 aromatic carbocycles. The third-order valence-corrected chi connectivity index (χ3v) is 2.35. The van der Waals surface area contributed by atoms with Crippen molar-refractivity contribution in [2.45, 2.75) is 45.7 Å². The Bertz CT molecular complexity index is 439. The lowest BCUT2D eigenvalue weighted by atomic mass is 10.2. The lowest BCUT2D eigenvalue weighted by Crippen LogP contribution is -2.36. The molecule has 0 aliphatic carbocycles. The fourth-order valence-electron chi connectivity index (χ4n) is 1.88. The summed E-state index contributed by atoms with van der Waals surface area (Å²) >= 11 is 0. The summed E-state index contributed by atoms with van der Waals surface area (Å²) in [6.07, 6.45) is 2.67. The summed E-state index contributed by atoms with van der Waals surface area (Å²) in [6, 6.07) is 0. The Hall–Kier alpha value is -1.98. The van der Waals surface area contributed by atoms with Crippen LogP contribution in [0.5, 0.6) is 0 Å². The first-order valence-corrected chi connectivity index (χ1v) is 5.90. The standard InChI is InChI=1S/C13H16O6/c1-12(2)16-8(6-10(14)18-12)5-9-7-11(15)19-13(3,4)17-9/h6-7H,5H2,1-4H3. The Balaban J connectivity index is 2.13. The van der Waals surface area contributed by atoms with E-state index in [4.69, 9.17) is 18.9 Å². The van der Waals surface area contributed by atoms with E-state index in [9.17, 15) is 9.59 Å². The number of rotatable bonds is 2. The summed E-state index contributed by atoms with van der Waals surface area (Å²) in [7, 11) is 0. The van der Waals surface area contributed by atoms with Crippen molar-refractivity contribution in [2.24, 2.45) is 0 Å². The van der Waals surface area contributed by atoms with E-state index in [0.29, 0.717) is 11.5 Å². The Kier molecular flexibility index (Phi) is 3.04. The molecule has 0 unspecified atom stereocenters. The van der Waals surface area contributed by atoms with Gasteiger partial charge in [0.25, 0.3) is 0 Å². The van der Waals surface area contributed by atoms with Gasteiger partial charge in [-0.2, -0.15) is 0 Å². The molecule has 0 spiro atoms. The first-order chi connectivity index (χ1) is 8.65. The number of carbonyl (C=O) groups excluding carboxylic acids is 2. The molecule has 6 nitrogen and oxygen atoms in total. The first kappa shape index (κ1) is 13.5. The van der Waals surface area contributed by atoms with E-state index in [-0.39, 0.29) is 6.42 Å². The molecule has 0 bridgehead atoms. The van der Waals surface area contributed by atoms with Gasteiger partial charge in [0.05, 0.1) is 18.6 Å². The van der Waals surface area contributed by atoms with Crippen LogP contribution in [0.1, 0.15) is 34.1 Å². The highest BCUT2D eigenvalue weighted by Crippen LogP contribution is 2.30. The molecule has 0 aromatic rings. The Morgan fingerprint density at radius 3 is 1.47 bits per heavy atom. The van der Waals surface area contributed by atoms with Crippen molar-refractivity contribution in [2.75, 3.05) is 0 Å². The number of hydrogen-bond donors (Lipinski definition) is 0. The van der Waals surface area contributed by atoms with Crippen molar-refractivity contribution in [1.29, 1.82) is 0 Å². The Labute approximate surface area is 111 Å². The van der Waals surface area contributed by atoms with Gasteiger partial charge < -0.3 is 18.9 Å². The van der Waals surface area contributed by atoms with E-state index in [1.54, 1.807) is 27.7 Å². The maximum Gasteiger partial charge on any atom is 0.337 e. The predicted molar refractivity (Wildman–Crippen MR) is 63.3 cm³/mol. The zero-order valence-corrected chi connectivity index (χ0v) is 11.3. The summed E-state index contributed by atoms with van der Waals surface area (Å²) in [5, 5.41) is 0. The average Bonchev–Trinajstić information content (AvgIpc) is 2.08. The molecule has 104 valence electrons. The number of carbonyl (C=O) groups is 2. The maximum absolute atomic E-state index is 11.4. The lowest BCUT2D eigenvalue weighted by molar-refractivity contribution is -0.211. The van der Waals surface area contributed by atoms with Gasteiger partial charge in [0.1, 0.15) is 11.5 Å². The largest absolute Gasteiger partial charge is 0.456 e. The molecule has 2 rings (SSSR count). The second kappa shape index (κ2) is 4.29. The van der Waals surface area contributed by atoms with Crippen LogP contribution in [0.15, 0.2) is 23.7 Å². The molecular weight excluding hydrogens is 252 g/mol. The van der Waals surface area contributed by atoms with Crippen LogP contribution in [-0.4, -0.2) is 23.5 Å². The number of esters is 2. The highest BCUT2D eigenvalue weighted by molar-refractivity contribution is 5.84. The highest BCUT2D eigenvalue weighted by atomic mass is 16.7. The molecule has 2 heterocycles. The average molecular weight is 268 g/mol. The van der Waals surface area contributed by atoms with Crippen molar-refractivity contribution in [3.63, 3.8) is 0 Å². The van der Waals surface area contributed by atoms with E-state index in [0.717, 1.165) is 0 Å². The monoisotopic (exact) mass is 268 g/mol. The molecule has 0 saturated heterocycles. The van der Waals surface area contributed by atoms with Crippen molar-refractivity contribution in [3.8, 4) is 0 Å². The van der Waals surface area contributed by atoms with Gasteiger partial charge in [-0.3, -0.25) is 0 Å². The van der Waals surface area contributed by atoms with E-state index in [2.05, 4.69) is 0 Å². The van der Waals surface area contributed by atoms with Crippen molar-refractivity contribution in [3.05, 3.63) is 23.7 Å². The second-order valence-corrected chi connectivity index (χ2v) is 5.24. The normalized spacial score (nSPS) is 24.2. The Morgan fingerprint density at radius 1 is 0.789 bits per heavy atom. The highest BCUT2D eigenvalue weighted by Gasteiger charge is 2.34. The molecule has 0 N–H and O–H groups in total. The summed E-state index contributed by atoms with van der Waals surface area (Å²) in [6.45, 7) is 6.52. The van der Waals surface area contributed by atoms with E-state index in [1.165, 1.54) is 12.2 Å². The minimum absolute atomic E-state index is 0.192. The van der Waals surface area contributed by atoms with Crippen LogP contribution in [0.4, 0.5) is 0 Å². The molecule has 0 atom stereocenters.